The lowest BCUT2D eigenvalue weighted by Gasteiger charge is -2.13. The molecule has 41 heavy (non-hydrogen) atoms. The van der Waals surface area contributed by atoms with Gasteiger partial charge in [0, 0.05) is 43.8 Å². The van der Waals surface area contributed by atoms with Crippen LogP contribution in [0.25, 0.3) is 27.6 Å². The first-order valence-corrected chi connectivity index (χ1v) is 13.6. The second-order valence-corrected chi connectivity index (χ2v) is 10.6. The predicted molar refractivity (Wildman–Crippen MR) is 163 cm³/mol. The summed E-state index contributed by atoms with van der Waals surface area (Å²) in [5.74, 6) is 3.70. The predicted octanol–water partition coefficient (Wildman–Crippen LogP) is 5.25. The van der Waals surface area contributed by atoms with Crippen LogP contribution in [0.3, 0.4) is 0 Å². The van der Waals surface area contributed by atoms with Gasteiger partial charge in [-0.25, -0.2) is 25.0 Å². The number of fused-ring (bicyclic) bond motifs is 14. The number of nitrogens with zero attached hydrogens (tertiary/aromatic N) is 7. The van der Waals surface area contributed by atoms with Crippen LogP contribution < -0.4 is 10.8 Å². The zero-order chi connectivity index (χ0) is 26.7. The minimum Gasteiger partial charge on any atom is -0.306 e. The smallest absolute Gasteiger partial charge is 0.164 e. The SMILES string of the molecule is C1=c2c3ccccc3c3n2Cn2c(c4ccccc4c2N=C2N=C(N=3)c3ccccc32)N=C2N=C1c1ccccc12. The number of amidine groups is 3. The fraction of sp³-hybridized carbons (Fsp3) is 0.0294. The molecule has 6 bridgehead atoms. The van der Waals surface area contributed by atoms with Gasteiger partial charge in [-0.05, 0) is 6.08 Å². The molecule has 10 rings (SSSR count). The molecular weight excluding hydrogens is 506 g/mol. The summed E-state index contributed by atoms with van der Waals surface area (Å²) in [6, 6.07) is 33.4. The molecule has 4 aromatic carbocycles. The van der Waals surface area contributed by atoms with E-state index in [1.807, 2.05) is 18.2 Å². The number of aliphatic imine (C=N–C) groups is 4. The van der Waals surface area contributed by atoms with E-state index in [2.05, 4.69) is 94.1 Å². The van der Waals surface area contributed by atoms with Crippen molar-refractivity contribution in [2.24, 2.45) is 25.0 Å². The molecule has 6 aromatic rings. The highest BCUT2D eigenvalue weighted by Gasteiger charge is 2.28. The fourth-order valence-corrected chi connectivity index (χ4v) is 6.53. The Balaban J connectivity index is 1.48. The molecule has 0 spiro atoms. The summed E-state index contributed by atoms with van der Waals surface area (Å²) in [6.07, 6.45) is 2.18. The van der Waals surface area contributed by atoms with Gasteiger partial charge in [0.1, 0.15) is 23.8 Å². The molecule has 7 heteroatoms. The normalized spacial score (nSPS) is 15.7. The number of aromatic nitrogens is 2. The number of hydrogen-bond donors (Lipinski definition) is 0. The second-order valence-electron chi connectivity index (χ2n) is 10.6. The molecule has 2 aromatic heterocycles. The first-order valence-electron chi connectivity index (χ1n) is 13.6. The van der Waals surface area contributed by atoms with E-state index in [1.54, 1.807) is 0 Å². The van der Waals surface area contributed by atoms with Crippen molar-refractivity contribution < 1.29 is 0 Å². The summed E-state index contributed by atoms with van der Waals surface area (Å²) >= 11 is 0. The van der Waals surface area contributed by atoms with E-state index in [4.69, 9.17) is 25.0 Å². The van der Waals surface area contributed by atoms with Gasteiger partial charge in [-0.3, -0.25) is 4.57 Å². The Kier molecular flexibility index (Phi) is 3.87. The summed E-state index contributed by atoms with van der Waals surface area (Å²) < 4.78 is 4.47. The molecule has 0 atom stereocenters. The molecule has 0 aliphatic carbocycles. The largest absolute Gasteiger partial charge is 0.306 e. The zero-order valence-electron chi connectivity index (χ0n) is 21.7. The third-order valence-corrected chi connectivity index (χ3v) is 8.39. The number of rotatable bonds is 0. The minimum absolute atomic E-state index is 0.486. The molecule has 0 radical (unpaired) electrons. The Labute approximate surface area is 233 Å². The maximum Gasteiger partial charge on any atom is 0.164 e. The Hall–Kier alpha value is -5.69. The number of hydrogen-bond acceptors (Lipinski definition) is 5. The average Bonchev–Trinajstić information content (AvgIpc) is 3.72. The zero-order valence-corrected chi connectivity index (χ0v) is 21.7. The molecule has 7 nitrogen and oxygen atoms in total. The first-order chi connectivity index (χ1) is 20.3. The summed E-state index contributed by atoms with van der Waals surface area (Å²) in [6.45, 7) is 0.486. The Morgan fingerprint density at radius 3 is 1.63 bits per heavy atom. The van der Waals surface area contributed by atoms with Crippen molar-refractivity contribution in [1.82, 2.24) is 9.13 Å². The lowest BCUT2D eigenvalue weighted by Crippen LogP contribution is -2.32. The van der Waals surface area contributed by atoms with Crippen molar-refractivity contribution in [2.45, 2.75) is 6.67 Å². The van der Waals surface area contributed by atoms with Crippen molar-refractivity contribution in [1.29, 1.82) is 0 Å². The van der Waals surface area contributed by atoms with Crippen molar-refractivity contribution in [3.8, 4) is 0 Å². The van der Waals surface area contributed by atoms with E-state index in [9.17, 15) is 0 Å². The highest BCUT2D eigenvalue weighted by atomic mass is 15.3. The molecule has 0 fully saturated rings. The van der Waals surface area contributed by atoms with Crippen LogP contribution in [0.2, 0.25) is 0 Å². The number of benzene rings is 4. The van der Waals surface area contributed by atoms with E-state index >= 15 is 0 Å². The van der Waals surface area contributed by atoms with Crippen molar-refractivity contribution in [3.05, 3.63) is 130 Å². The molecule has 190 valence electrons. The lowest BCUT2D eigenvalue weighted by atomic mass is 10.0. The van der Waals surface area contributed by atoms with Crippen LogP contribution >= 0.6 is 0 Å². The van der Waals surface area contributed by atoms with Crippen LogP contribution in [-0.2, 0) is 6.67 Å². The Morgan fingerprint density at radius 2 is 0.951 bits per heavy atom. The lowest BCUT2D eigenvalue weighted by molar-refractivity contribution is 0.591. The standard InChI is InChI=1S/C34H19N7/c1-3-11-21-19(9-1)27-17-28-20-10-2-6-14-24(20)32-38-30-22-12-4-5-13-23(22)31(36-30)39-34-26-16-8-7-15-25(26)33(37-29(21)35-27)41(34)18-40(28)32/h1-17H,18H2. The van der Waals surface area contributed by atoms with Gasteiger partial charge in [0.2, 0.25) is 0 Å². The van der Waals surface area contributed by atoms with Gasteiger partial charge < -0.3 is 4.57 Å². The van der Waals surface area contributed by atoms with Gasteiger partial charge >= 0.3 is 0 Å². The van der Waals surface area contributed by atoms with Crippen LogP contribution in [-0.4, -0.2) is 32.4 Å². The van der Waals surface area contributed by atoms with Gasteiger partial charge in [0.05, 0.1) is 11.1 Å². The third kappa shape index (κ3) is 2.74. The maximum atomic E-state index is 5.26. The molecule has 0 saturated heterocycles. The summed E-state index contributed by atoms with van der Waals surface area (Å²) in [5.41, 5.74) is 5.83. The Bertz CT molecular complexity index is 2280. The van der Waals surface area contributed by atoms with Crippen molar-refractivity contribution >= 4 is 62.5 Å². The van der Waals surface area contributed by atoms with E-state index in [0.717, 1.165) is 72.0 Å². The minimum atomic E-state index is 0.486. The molecule has 6 heterocycles. The molecule has 4 aliphatic heterocycles. The molecule has 4 aliphatic rings. The highest BCUT2D eigenvalue weighted by molar-refractivity contribution is 6.34. The maximum absolute atomic E-state index is 5.26. The van der Waals surface area contributed by atoms with E-state index < -0.39 is 0 Å². The van der Waals surface area contributed by atoms with Crippen molar-refractivity contribution in [3.63, 3.8) is 0 Å². The van der Waals surface area contributed by atoms with Crippen LogP contribution in [0.5, 0.6) is 0 Å². The summed E-state index contributed by atoms with van der Waals surface area (Å²) in [5, 5.41) is 5.27. The van der Waals surface area contributed by atoms with E-state index in [1.165, 1.54) is 0 Å². The third-order valence-electron chi connectivity index (χ3n) is 8.39. The van der Waals surface area contributed by atoms with Crippen molar-refractivity contribution in [2.75, 3.05) is 0 Å². The molecule has 0 saturated carbocycles. The topological polar surface area (TPSA) is 71.7 Å². The molecular formula is C34H19N7. The highest BCUT2D eigenvalue weighted by Crippen LogP contribution is 2.40. The van der Waals surface area contributed by atoms with Gasteiger partial charge in [-0.2, -0.15) is 0 Å². The molecule has 0 N–H and O–H groups in total. The summed E-state index contributed by atoms with van der Waals surface area (Å²) in [7, 11) is 0. The van der Waals surface area contributed by atoms with Gasteiger partial charge in [-0.1, -0.05) is 97.1 Å². The average molecular weight is 526 g/mol. The van der Waals surface area contributed by atoms with Crippen LogP contribution in [0.1, 0.15) is 22.3 Å². The quantitative estimate of drug-likeness (QED) is 0.260. The van der Waals surface area contributed by atoms with Crippen LogP contribution in [0.4, 0.5) is 11.6 Å². The van der Waals surface area contributed by atoms with Crippen LogP contribution in [0, 0.1) is 0 Å². The van der Waals surface area contributed by atoms with Gasteiger partial charge in [-0.15, -0.1) is 0 Å². The first kappa shape index (κ1) is 21.2. The van der Waals surface area contributed by atoms with Gasteiger partial charge in [0.25, 0.3) is 0 Å². The van der Waals surface area contributed by atoms with Crippen LogP contribution in [0.15, 0.2) is 122 Å². The monoisotopic (exact) mass is 525 g/mol. The fourth-order valence-electron chi connectivity index (χ4n) is 6.53. The van der Waals surface area contributed by atoms with E-state index in [-0.39, 0.29) is 0 Å². The molecule has 0 amide bonds. The summed E-state index contributed by atoms with van der Waals surface area (Å²) in [4.78, 5) is 25.9. The second kappa shape index (κ2) is 7.49. The Morgan fingerprint density at radius 1 is 0.439 bits per heavy atom. The van der Waals surface area contributed by atoms with E-state index in [0.29, 0.717) is 24.2 Å². The van der Waals surface area contributed by atoms with Gasteiger partial charge in [0.15, 0.2) is 17.5 Å². The molecule has 0 unspecified atom stereocenters.